The van der Waals surface area contributed by atoms with E-state index >= 15 is 0 Å². The molecule has 0 atom stereocenters. The molecule has 0 saturated carbocycles. The van der Waals surface area contributed by atoms with Crippen molar-refractivity contribution in [3.8, 4) is 0 Å². The summed E-state index contributed by atoms with van der Waals surface area (Å²) in [6.07, 6.45) is 3.98. The predicted octanol–water partition coefficient (Wildman–Crippen LogP) is 4.13. The first-order chi connectivity index (χ1) is 12.5. The van der Waals surface area contributed by atoms with Gasteiger partial charge in [-0.05, 0) is 55.6 Å². The lowest BCUT2D eigenvalue weighted by molar-refractivity contribution is -0.384. The first-order valence-corrected chi connectivity index (χ1v) is 9.27. The van der Waals surface area contributed by atoms with E-state index in [2.05, 4.69) is 10.6 Å². The van der Waals surface area contributed by atoms with E-state index in [1.807, 2.05) is 0 Å². The third-order valence-corrected chi connectivity index (χ3v) is 5.54. The lowest BCUT2D eigenvalue weighted by Gasteiger charge is -2.12. The molecule has 2 aromatic rings. The highest BCUT2D eigenvalue weighted by atomic mass is 32.1. The normalized spacial score (nSPS) is 12.8. The number of nitro benzene ring substituents is 1. The zero-order valence-corrected chi connectivity index (χ0v) is 15.7. The number of anilines is 2. The minimum absolute atomic E-state index is 0.00772. The summed E-state index contributed by atoms with van der Waals surface area (Å²) in [4.78, 5) is 23.7. The number of non-ortho nitro benzene ring substituents is 1. The molecule has 136 valence electrons. The van der Waals surface area contributed by atoms with Gasteiger partial charge in [0.1, 0.15) is 5.00 Å². The van der Waals surface area contributed by atoms with E-state index in [9.17, 15) is 14.9 Å². The number of hydrogen-bond acceptors (Lipinski definition) is 6. The molecule has 1 aliphatic rings. The minimum Gasteiger partial charge on any atom is -0.465 e. The SMILES string of the molecule is COC(=O)c1c(NC(=S)Nc2ccc([N+](=O)[O-])cc2)sc2c1CCCC2. The van der Waals surface area contributed by atoms with Crippen LogP contribution < -0.4 is 10.6 Å². The maximum Gasteiger partial charge on any atom is 0.341 e. The lowest BCUT2D eigenvalue weighted by Crippen LogP contribution is -2.20. The van der Waals surface area contributed by atoms with Crippen molar-refractivity contribution in [2.24, 2.45) is 0 Å². The van der Waals surface area contributed by atoms with Crippen LogP contribution in [0.5, 0.6) is 0 Å². The molecule has 3 rings (SSSR count). The molecule has 1 aromatic heterocycles. The van der Waals surface area contributed by atoms with Crippen molar-refractivity contribution < 1.29 is 14.5 Å². The number of nitrogens with one attached hydrogen (secondary N) is 2. The fourth-order valence-electron chi connectivity index (χ4n) is 2.90. The van der Waals surface area contributed by atoms with Gasteiger partial charge in [-0.1, -0.05) is 0 Å². The Morgan fingerprint density at radius 3 is 2.58 bits per heavy atom. The molecule has 0 radical (unpaired) electrons. The highest BCUT2D eigenvalue weighted by molar-refractivity contribution is 7.80. The molecule has 1 aromatic carbocycles. The van der Waals surface area contributed by atoms with Gasteiger partial charge in [0.25, 0.3) is 5.69 Å². The van der Waals surface area contributed by atoms with Crippen LogP contribution >= 0.6 is 23.6 Å². The molecule has 0 fully saturated rings. The van der Waals surface area contributed by atoms with E-state index in [0.29, 0.717) is 21.4 Å². The number of hydrogen-bond donors (Lipinski definition) is 2. The molecule has 0 saturated heterocycles. The van der Waals surface area contributed by atoms with Gasteiger partial charge < -0.3 is 15.4 Å². The molecule has 1 aliphatic carbocycles. The summed E-state index contributed by atoms with van der Waals surface area (Å²) in [6.45, 7) is 0. The van der Waals surface area contributed by atoms with Crippen molar-refractivity contribution in [1.82, 2.24) is 0 Å². The van der Waals surface area contributed by atoms with Gasteiger partial charge in [0.05, 0.1) is 17.6 Å². The van der Waals surface area contributed by atoms with Crippen LogP contribution in [0.4, 0.5) is 16.4 Å². The number of thiocarbonyl (C=S) groups is 1. The van der Waals surface area contributed by atoms with Gasteiger partial charge in [-0.3, -0.25) is 10.1 Å². The molecule has 0 aliphatic heterocycles. The summed E-state index contributed by atoms with van der Waals surface area (Å²) < 4.78 is 4.94. The second-order valence-corrected chi connectivity index (χ2v) is 7.30. The quantitative estimate of drug-likeness (QED) is 0.350. The standard InChI is InChI=1S/C17H17N3O4S2/c1-24-16(21)14-12-4-2-3-5-13(12)26-15(14)19-17(25)18-10-6-8-11(9-7-10)20(22)23/h6-9H,2-5H2,1H3,(H2,18,19,25). The number of nitrogens with zero attached hydrogens (tertiary/aromatic N) is 1. The molecule has 0 bridgehead atoms. The average Bonchev–Trinajstić information content (AvgIpc) is 2.99. The number of thiophene rings is 1. The van der Waals surface area contributed by atoms with Gasteiger partial charge in [0, 0.05) is 22.7 Å². The fourth-order valence-corrected chi connectivity index (χ4v) is 4.47. The molecular formula is C17H17N3O4S2. The number of nitro groups is 1. The van der Waals surface area contributed by atoms with Crippen molar-refractivity contribution in [1.29, 1.82) is 0 Å². The topological polar surface area (TPSA) is 93.5 Å². The number of carbonyl (C=O) groups is 1. The number of methoxy groups -OCH3 is 1. The summed E-state index contributed by atoms with van der Waals surface area (Å²) >= 11 is 6.85. The zero-order valence-electron chi connectivity index (χ0n) is 14.0. The first kappa shape index (κ1) is 18.3. The van der Waals surface area contributed by atoms with Crippen molar-refractivity contribution in [3.05, 3.63) is 50.4 Å². The lowest BCUT2D eigenvalue weighted by atomic mass is 9.95. The monoisotopic (exact) mass is 391 g/mol. The smallest absolute Gasteiger partial charge is 0.341 e. The molecule has 1 heterocycles. The number of benzene rings is 1. The number of fused-ring (bicyclic) bond motifs is 1. The summed E-state index contributed by atoms with van der Waals surface area (Å²) in [5, 5.41) is 17.7. The summed E-state index contributed by atoms with van der Waals surface area (Å²) in [5.74, 6) is -0.370. The van der Waals surface area contributed by atoms with Crippen LogP contribution in [0, 0.1) is 10.1 Å². The Labute approximate surface area is 159 Å². The van der Waals surface area contributed by atoms with Crippen molar-refractivity contribution in [2.45, 2.75) is 25.7 Å². The summed E-state index contributed by atoms with van der Waals surface area (Å²) in [7, 11) is 1.37. The van der Waals surface area contributed by atoms with E-state index in [1.54, 1.807) is 12.1 Å². The average molecular weight is 391 g/mol. The van der Waals surface area contributed by atoms with Gasteiger partial charge in [0.15, 0.2) is 5.11 Å². The highest BCUT2D eigenvalue weighted by Crippen LogP contribution is 2.38. The van der Waals surface area contributed by atoms with Crippen LogP contribution in [-0.2, 0) is 17.6 Å². The van der Waals surface area contributed by atoms with E-state index in [0.717, 1.165) is 31.2 Å². The maximum absolute atomic E-state index is 12.2. The van der Waals surface area contributed by atoms with Crippen LogP contribution in [-0.4, -0.2) is 23.1 Å². The highest BCUT2D eigenvalue weighted by Gasteiger charge is 2.26. The Kier molecular flexibility index (Phi) is 5.48. The van der Waals surface area contributed by atoms with Crippen molar-refractivity contribution in [2.75, 3.05) is 17.7 Å². The van der Waals surface area contributed by atoms with Crippen molar-refractivity contribution >= 4 is 51.0 Å². The summed E-state index contributed by atoms with van der Waals surface area (Å²) in [6, 6.07) is 5.95. The Morgan fingerprint density at radius 1 is 1.23 bits per heavy atom. The predicted molar refractivity (Wildman–Crippen MR) is 105 cm³/mol. The molecule has 0 unspecified atom stereocenters. The maximum atomic E-state index is 12.2. The molecule has 26 heavy (non-hydrogen) atoms. The molecule has 9 heteroatoms. The van der Waals surface area contributed by atoms with Gasteiger partial charge in [-0.2, -0.15) is 0 Å². The third kappa shape index (κ3) is 3.83. The number of esters is 1. The van der Waals surface area contributed by atoms with Gasteiger partial charge in [0.2, 0.25) is 0 Å². The van der Waals surface area contributed by atoms with E-state index in [4.69, 9.17) is 17.0 Å². The molecule has 7 nitrogen and oxygen atoms in total. The summed E-state index contributed by atoms with van der Waals surface area (Å²) in [5.41, 5.74) is 2.23. The van der Waals surface area contributed by atoms with Crippen LogP contribution in [0.1, 0.15) is 33.6 Å². The third-order valence-electron chi connectivity index (χ3n) is 4.12. The Hall–Kier alpha value is -2.52. The van der Waals surface area contributed by atoms with Gasteiger partial charge >= 0.3 is 5.97 Å². The van der Waals surface area contributed by atoms with Crippen LogP contribution in [0.2, 0.25) is 0 Å². The molecule has 2 N–H and O–H groups in total. The van der Waals surface area contributed by atoms with Crippen LogP contribution in [0.15, 0.2) is 24.3 Å². The number of ether oxygens (including phenoxy) is 1. The second-order valence-electron chi connectivity index (χ2n) is 5.79. The molecule has 0 spiro atoms. The minimum atomic E-state index is -0.459. The Balaban J connectivity index is 1.77. The van der Waals surface area contributed by atoms with E-state index in [-0.39, 0.29) is 11.7 Å². The van der Waals surface area contributed by atoms with Crippen LogP contribution in [0.25, 0.3) is 0 Å². The van der Waals surface area contributed by atoms with Crippen LogP contribution in [0.3, 0.4) is 0 Å². The Morgan fingerprint density at radius 2 is 1.92 bits per heavy atom. The fraction of sp³-hybridized carbons (Fsp3) is 0.294. The van der Waals surface area contributed by atoms with Gasteiger partial charge in [-0.25, -0.2) is 4.79 Å². The number of rotatable bonds is 4. The second kappa shape index (κ2) is 7.79. The van der Waals surface area contributed by atoms with E-state index in [1.165, 1.54) is 35.5 Å². The largest absolute Gasteiger partial charge is 0.465 e. The Bertz CT molecular complexity index is 862. The number of carbonyl (C=O) groups excluding carboxylic acids is 1. The van der Waals surface area contributed by atoms with Crippen molar-refractivity contribution in [3.63, 3.8) is 0 Å². The van der Waals surface area contributed by atoms with Gasteiger partial charge in [-0.15, -0.1) is 11.3 Å². The first-order valence-electron chi connectivity index (χ1n) is 8.05. The van der Waals surface area contributed by atoms with E-state index < -0.39 is 4.92 Å². The molecule has 0 amide bonds. The molecular weight excluding hydrogens is 374 g/mol. The zero-order chi connectivity index (χ0) is 18.7. The number of aryl methyl sites for hydroxylation is 1.